The molecule has 0 aliphatic heterocycles. The third-order valence-electron chi connectivity index (χ3n) is 2.23. The van der Waals surface area contributed by atoms with Crippen molar-refractivity contribution in [3.05, 3.63) is 56.1 Å². The van der Waals surface area contributed by atoms with Crippen molar-refractivity contribution in [1.82, 2.24) is 0 Å². The maximum Gasteiger partial charge on any atom is 0.335 e. The van der Waals surface area contributed by atoms with E-state index in [0.29, 0.717) is 5.56 Å². The van der Waals surface area contributed by atoms with Gasteiger partial charge in [-0.3, -0.25) is 0 Å². The van der Waals surface area contributed by atoms with Crippen LogP contribution in [-0.4, -0.2) is 11.1 Å². The Bertz CT molecular complexity index is 584. The fraction of sp³-hybridized carbons (Fsp3) is 0. The van der Waals surface area contributed by atoms with E-state index in [9.17, 15) is 4.79 Å². The maximum absolute atomic E-state index is 10.7. The number of carboxylic acid groups (broad SMARTS) is 1. The van der Waals surface area contributed by atoms with Gasteiger partial charge in [0, 0.05) is 17.8 Å². The molecule has 0 amide bonds. The number of hydrogen-bond donors (Lipinski definition) is 1. The number of halogens is 2. The molecule has 0 aliphatic rings. The van der Waals surface area contributed by atoms with E-state index in [1.165, 1.54) is 0 Å². The number of hydrogen-bond acceptors (Lipinski definition) is 2. The van der Waals surface area contributed by atoms with E-state index < -0.39 is 5.97 Å². The second-order valence-corrected chi connectivity index (χ2v) is 6.67. The molecule has 0 bridgehead atoms. The van der Waals surface area contributed by atoms with Crippen LogP contribution in [0.5, 0.6) is 0 Å². The predicted octanol–water partition coefficient (Wildman–Crippen LogP) is 4.90. The molecule has 0 saturated heterocycles. The molecule has 2 nitrogen and oxygen atoms in total. The van der Waals surface area contributed by atoms with E-state index in [0.717, 1.165) is 17.8 Å². The molecular formula is C13H8BrIO2S. The van der Waals surface area contributed by atoms with Crippen LogP contribution in [0.1, 0.15) is 10.4 Å². The Labute approximate surface area is 131 Å². The highest BCUT2D eigenvalue weighted by Crippen LogP contribution is 2.31. The number of benzene rings is 2. The number of carboxylic acids is 1. The summed E-state index contributed by atoms with van der Waals surface area (Å²) in [6, 6.07) is 13.0. The monoisotopic (exact) mass is 434 g/mol. The van der Waals surface area contributed by atoms with Crippen molar-refractivity contribution in [3.63, 3.8) is 0 Å². The fourth-order valence-electron chi connectivity index (χ4n) is 1.34. The Morgan fingerprint density at radius 2 is 1.72 bits per heavy atom. The lowest BCUT2D eigenvalue weighted by Crippen LogP contribution is -1.94. The molecule has 18 heavy (non-hydrogen) atoms. The Morgan fingerprint density at radius 1 is 1.11 bits per heavy atom. The van der Waals surface area contributed by atoms with Crippen LogP contribution in [0, 0.1) is 3.57 Å². The standard InChI is InChI=1S/C13H8BrIO2S/c14-11-7-10(5-6-12(11)15)18-9-3-1-8(2-4-9)13(16)17/h1-7H,(H,16,17). The minimum Gasteiger partial charge on any atom is -0.478 e. The second kappa shape index (κ2) is 6.08. The highest BCUT2D eigenvalue weighted by molar-refractivity contribution is 14.1. The second-order valence-electron chi connectivity index (χ2n) is 3.51. The summed E-state index contributed by atoms with van der Waals surface area (Å²) < 4.78 is 2.23. The molecule has 0 saturated carbocycles. The van der Waals surface area contributed by atoms with Crippen molar-refractivity contribution in [2.45, 2.75) is 9.79 Å². The van der Waals surface area contributed by atoms with Crippen LogP contribution in [0.2, 0.25) is 0 Å². The zero-order chi connectivity index (χ0) is 13.1. The van der Waals surface area contributed by atoms with Crippen molar-refractivity contribution in [3.8, 4) is 0 Å². The van der Waals surface area contributed by atoms with Crippen molar-refractivity contribution in [2.24, 2.45) is 0 Å². The van der Waals surface area contributed by atoms with Gasteiger partial charge >= 0.3 is 5.97 Å². The predicted molar refractivity (Wildman–Crippen MR) is 84.4 cm³/mol. The van der Waals surface area contributed by atoms with Crippen molar-refractivity contribution in [1.29, 1.82) is 0 Å². The summed E-state index contributed by atoms with van der Waals surface area (Å²) in [5, 5.41) is 8.82. The quantitative estimate of drug-likeness (QED) is 0.698. The van der Waals surface area contributed by atoms with Gasteiger partial charge in [-0.2, -0.15) is 0 Å². The third-order valence-corrected chi connectivity index (χ3v) is 5.56. The van der Waals surface area contributed by atoms with Gasteiger partial charge in [-0.1, -0.05) is 11.8 Å². The first-order valence-corrected chi connectivity index (χ1v) is 7.71. The largest absolute Gasteiger partial charge is 0.478 e. The number of rotatable bonds is 3. The molecule has 2 aromatic rings. The van der Waals surface area contributed by atoms with Gasteiger partial charge in [0.05, 0.1) is 5.56 Å². The minimum absolute atomic E-state index is 0.308. The summed E-state index contributed by atoms with van der Waals surface area (Å²) in [5.41, 5.74) is 0.308. The Kier molecular flexibility index (Phi) is 4.69. The van der Waals surface area contributed by atoms with E-state index in [1.54, 1.807) is 23.9 Å². The highest BCUT2D eigenvalue weighted by Gasteiger charge is 2.04. The van der Waals surface area contributed by atoms with Crippen LogP contribution in [0.15, 0.2) is 56.7 Å². The highest BCUT2D eigenvalue weighted by atomic mass is 127. The molecule has 0 atom stereocenters. The molecule has 2 rings (SSSR count). The van der Waals surface area contributed by atoms with Gasteiger partial charge < -0.3 is 5.11 Å². The SMILES string of the molecule is O=C(O)c1ccc(Sc2ccc(I)c(Br)c2)cc1. The van der Waals surface area contributed by atoms with Gasteiger partial charge in [0.1, 0.15) is 0 Å². The van der Waals surface area contributed by atoms with E-state index in [1.807, 2.05) is 24.3 Å². The molecule has 92 valence electrons. The van der Waals surface area contributed by atoms with Crippen LogP contribution in [0.4, 0.5) is 0 Å². The van der Waals surface area contributed by atoms with E-state index in [4.69, 9.17) is 5.11 Å². The Balaban J connectivity index is 2.18. The summed E-state index contributed by atoms with van der Waals surface area (Å²) in [4.78, 5) is 12.9. The summed E-state index contributed by atoms with van der Waals surface area (Å²) in [7, 11) is 0. The van der Waals surface area contributed by atoms with Gasteiger partial charge in [0.2, 0.25) is 0 Å². The molecule has 0 radical (unpaired) electrons. The number of carbonyl (C=O) groups is 1. The molecule has 5 heteroatoms. The molecule has 0 unspecified atom stereocenters. The lowest BCUT2D eigenvalue weighted by atomic mass is 10.2. The molecular weight excluding hydrogens is 427 g/mol. The van der Waals surface area contributed by atoms with Gasteiger partial charge in [-0.15, -0.1) is 0 Å². The van der Waals surface area contributed by atoms with Crippen LogP contribution in [0.25, 0.3) is 0 Å². The first-order valence-electron chi connectivity index (χ1n) is 5.02. The van der Waals surface area contributed by atoms with Crippen molar-refractivity contribution >= 4 is 56.3 Å². The van der Waals surface area contributed by atoms with Gasteiger partial charge in [-0.05, 0) is 81.0 Å². The van der Waals surface area contributed by atoms with Crippen molar-refractivity contribution < 1.29 is 9.90 Å². The van der Waals surface area contributed by atoms with Crippen molar-refractivity contribution in [2.75, 3.05) is 0 Å². The van der Waals surface area contributed by atoms with Gasteiger partial charge in [0.25, 0.3) is 0 Å². The lowest BCUT2D eigenvalue weighted by Gasteiger charge is -2.04. The lowest BCUT2D eigenvalue weighted by molar-refractivity contribution is 0.0697. The third kappa shape index (κ3) is 3.49. The summed E-state index contributed by atoms with van der Waals surface area (Å²) >= 11 is 7.36. The van der Waals surface area contributed by atoms with Crippen LogP contribution in [-0.2, 0) is 0 Å². The molecule has 0 aliphatic carbocycles. The molecule has 1 N–H and O–H groups in total. The van der Waals surface area contributed by atoms with Gasteiger partial charge in [0.15, 0.2) is 0 Å². The summed E-state index contributed by atoms with van der Waals surface area (Å²) in [6.07, 6.45) is 0. The topological polar surface area (TPSA) is 37.3 Å². The maximum atomic E-state index is 10.7. The Hall–Kier alpha value is -0.530. The van der Waals surface area contributed by atoms with E-state index in [-0.39, 0.29) is 0 Å². The smallest absolute Gasteiger partial charge is 0.335 e. The number of aromatic carboxylic acids is 1. The first-order chi connectivity index (χ1) is 8.56. The van der Waals surface area contributed by atoms with Crippen LogP contribution in [0.3, 0.4) is 0 Å². The van der Waals surface area contributed by atoms with Gasteiger partial charge in [-0.25, -0.2) is 4.79 Å². The Morgan fingerprint density at radius 3 is 2.28 bits per heavy atom. The first kappa shape index (κ1) is 13.9. The van der Waals surface area contributed by atoms with Crippen LogP contribution < -0.4 is 0 Å². The normalized spacial score (nSPS) is 10.3. The fourth-order valence-corrected chi connectivity index (χ4v) is 3.06. The zero-order valence-corrected chi connectivity index (χ0v) is 13.6. The molecule has 0 spiro atoms. The molecule has 2 aromatic carbocycles. The average Bonchev–Trinajstić information content (AvgIpc) is 2.34. The zero-order valence-electron chi connectivity index (χ0n) is 9.06. The molecule has 0 fully saturated rings. The summed E-state index contributed by atoms with van der Waals surface area (Å²) in [6.45, 7) is 0. The average molecular weight is 435 g/mol. The molecule has 0 heterocycles. The van der Waals surface area contributed by atoms with Crippen LogP contribution >= 0.6 is 50.3 Å². The minimum atomic E-state index is -0.899. The molecule has 0 aromatic heterocycles. The van der Waals surface area contributed by atoms with E-state index in [2.05, 4.69) is 44.6 Å². The summed E-state index contributed by atoms with van der Waals surface area (Å²) in [5.74, 6) is -0.899. The van der Waals surface area contributed by atoms with E-state index >= 15 is 0 Å².